The fourth-order valence-electron chi connectivity index (χ4n) is 1.82. The fraction of sp³-hybridized carbons (Fsp3) is 1.00. The van der Waals surface area contributed by atoms with Crippen molar-refractivity contribution >= 4 is 0 Å². The third-order valence-corrected chi connectivity index (χ3v) is 2.82. The molecule has 0 saturated carbocycles. The predicted molar refractivity (Wildman–Crippen MR) is 71.8 cm³/mol. The molecule has 0 aliphatic heterocycles. The van der Waals surface area contributed by atoms with Crippen LogP contribution in [0.5, 0.6) is 0 Å². The topological polar surface area (TPSA) is 12.5 Å². The van der Waals surface area contributed by atoms with Crippen LogP contribution in [-0.2, 0) is 4.74 Å². The summed E-state index contributed by atoms with van der Waals surface area (Å²) in [5.41, 5.74) is 0. The zero-order valence-electron chi connectivity index (χ0n) is 12.1. The Balaban J connectivity index is 3.45. The number of nitrogens with zero attached hydrogens (tertiary/aromatic N) is 1. The molecule has 0 rings (SSSR count). The average molecular weight is 229 g/mol. The largest absolute Gasteiger partial charge is 0.381 e. The minimum absolute atomic E-state index is 0.651. The van der Waals surface area contributed by atoms with Crippen LogP contribution in [0.25, 0.3) is 0 Å². The van der Waals surface area contributed by atoms with E-state index in [2.05, 4.69) is 46.6 Å². The van der Waals surface area contributed by atoms with E-state index in [1.807, 2.05) is 0 Å². The highest BCUT2D eigenvalue weighted by atomic mass is 16.5. The van der Waals surface area contributed by atoms with Gasteiger partial charge in [-0.1, -0.05) is 27.7 Å². The van der Waals surface area contributed by atoms with E-state index in [0.29, 0.717) is 12.0 Å². The van der Waals surface area contributed by atoms with Crippen LogP contribution in [0.3, 0.4) is 0 Å². The lowest BCUT2D eigenvalue weighted by atomic mass is 10.0. The van der Waals surface area contributed by atoms with E-state index in [9.17, 15) is 0 Å². The summed E-state index contributed by atoms with van der Waals surface area (Å²) >= 11 is 0. The van der Waals surface area contributed by atoms with E-state index in [-0.39, 0.29) is 0 Å². The average Bonchev–Trinajstić information content (AvgIpc) is 2.15. The Morgan fingerprint density at radius 1 is 1.00 bits per heavy atom. The molecule has 2 nitrogen and oxygen atoms in total. The molecule has 98 valence electrons. The maximum Gasteiger partial charge on any atom is 0.0489 e. The summed E-state index contributed by atoms with van der Waals surface area (Å²) in [5, 5.41) is 0. The fourth-order valence-corrected chi connectivity index (χ4v) is 1.82. The standard InChI is InChI=1S/C14H31NO/c1-12(2)10-14(5)15(6)8-7-9-16-11-13(3)4/h12-14H,7-11H2,1-6H3. The van der Waals surface area contributed by atoms with Crippen molar-refractivity contribution < 1.29 is 4.74 Å². The van der Waals surface area contributed by atoms with Gasteiger partial charge in [-0.2, -0.15) is 0 Å². The molecule has 0 aromatic carbocycles. The monoisotopic (exact) mass is 229 g/mol. The molecule has 0 aromatic rings. The van der Waals surface area contributed by atoms with E-state index in [0.717, 1.165) is 32.1 Å². The van der Waals surface area contributed by atoms with E-state index >= 15 is 0 Å². The lowest BCUT2D eigenvalue weighted by molar-refractivity contribution is 0.0971. The molecule has 0 aromatic heterocycles. The molecule has 0 fully saturated rings. The maximum absolute atomic E-state index is 5.58. The molecule has 0 spiro atoms. The van der Waals surface area contributed by atoms with Gasteiger partial charge in [0.15, 0.2) is 0 Å². The first-order chi connectivity index (χ1) is 7.43. The van der Waals surface area contributed by atoms with E-state index < -0.39 is 0 Å². The quantitative estimate of drug-likeness (QED) is 0.562. The molecular formula is C14H31NO. The molecule has 0 N–H and O–H groups in total. The molecule has 0 amide bonds. The van der Waals surface area contributed by atoms with Crippen LogP contribution in [0.15, 0.2) is 0 Å². The van der Waals surface area contributed by atoms with Gasteiger partial charge < -0.3 is 9.64 Å². The maximum atomic E-state index is 5.58. The van der Waals surface area contributed by atoms with Gasteiger partial charge in [-0.15, -0.1) is 0 Å². The van der Waals surface area contributed by atoms with Crippen LogP contribution >= 0.6 is 0 Å². The smallest absolute Gasteiger partial charge is 0.0489 e. The molecule has 2 heteroatoms. The second-order valence-corrected chi connectivity index (χ2v) is 5.78. The van der Waals surface area contributed by atoms with Crippen molar-refractivity contribution in [3.8, 4) is 0 Å². The molecule has 16 heavy (non-hydrogen) atoms. The normalized spacial score (nSPS) is 14.1. The van der Waals surface area contributed by atoms with Gasteiger partial charge in [-0.3, -0.25) is 0 Å². The zero-order valence-corrected chi connectivity index (χ0v) is 12.1. The SMILES string of the molecule is CC(C)COCCCN(C)C(C)CC(C)C. The van der Waals surface area contributed by atoms with Crippen molar-refractivity contribution in [2.75, 3.05) is 26.8 Å². The molecule has 0 saturated heterocycles. The van der Waals surface area contributed by atoms with Crippen LogP contribution in [0.1, 0.15) is 47.5 Å². The van der Waals surface area contributed by atoms with Crippen molar-refractivity contribution in [3.05, 3.63) is 0 Å². The van der Waals surface area contributed by atoms with Gasteiger partial charge >= 0.3 is 0 Å². The summed E-state index contributed by atoms with van der Waals surface area (Å²) < 4.78 is 5.58. The predicted octanol–water partition coefficient (Wildman–Crippen LogP) is 3.42. The minimum Gasteiger partial charge on any atom is -0.381 e. The molecule has 0 heterocycles. The Bertz CT molecular complexity index is 157. The second-order valence-electron chi connectivity index (χ2n) is 5.78. The Morgan fingerprint density at radius 3 is 2.12 bits per heavy atom. The highest BCUT2D eigenvalue weighted by Crippen LogP contribution is 2.09. The van der Waals surface area contributed by atoms with Gasteiger partial charge in [0.2, 0.25) is 0 Å². The lowest BCUT2D eigenvalue weighted by Crippen LogP contribution is -2.31. The van der Waals surface area contributed by atoms with Crippen LogP contribution in [0.2, 0.25) is 0 Å². The van der Waals surface area contributed by atoms with Crippen LogP contribution < -0.4 is 0 Å². The van der Waals surface area contributed by atoms with E-state index in [4.69, 9.17) is 4.74 Å². The van der Waals surface area contributed by atoms with Crippen molar-refractivity contribution in [2.45, 2.75) is 53.5 Å². The summed E-state index contributed by atoms with van der Waals surface area (Å²) in [6.07, 6.45) is 2.43. The number of hydrogen-bond donors (Lipinski definition) is 0. The number of hydrogen-bond acceptors (Lipinski definition) is 2. The summed E-state index contributed by atoms with van der Waals surface area (Å²) in [7, 11) is 2.22. The van der Waals surface area contributed by atoms with Gasteiger partial charge in [0, 0.05) is 25.8 Å². The van der Waals surface area contributed by atoms with Gasteiger partial charge in [-0.25, -0.2) is 0 Å². The Kier molecular flexibility index (Phi) is 8.96. The van der Waals surface area contributed by atoms with E-state index in [1.54, 1.807) is 0 Å². The molecular weight excluding hydrogens is 198 g/mol. The summed E-state index contributed by atoms with van der Waals surface area (Å²) in [6, 6.07) is 0.685. The molecule has 0 aliphatic carbocycles. The molecule has 1 unspecified atom stereocenters. The van der Waals surface area contributed by atoms with Gasteiger partial charge in [-0.05, 0) is 38.6 Å². The highest BCUT2D eigenvalue weighted by molar-refractivity contribution is 4.65. The summed E-state index contributed by atoms with van der Waals surface area (Å²) in [4.78, 5) is 2.44. The van der Waals surface area contributed by atoms with Gasteiger partial charge in [0.1, 0.15) is 0 Å². The van der Waals surface area contributed by atoms with E-state index in [1.165, 1.54) is 6.42 Å². The highest BCUT2D eigenvalue weighted by Gasteiger charge is 2.10. The summed E-state index contributed by atoms with van der Waals surface area (Å²) in [6.45, 7) is 14.2. The first-order valence-electron chi connectivity index (χ1n) is 6.71. The third-order valence-electron chi connectivity index (χ3n) is 2.82. The third kappa shape index (κ3) is 9.17. The minimum atomic E-state index is 0.651. The Morgan fingerprint density at radius 2 is 1.62 bits per heavy atom. The Labute approximate surface area is 102 Å². The van der Waals surface area contributed by atoms with Crippen molar-refractivity contribution in [3.63, 3.8) is 0 Å². The Hall–Kier alpha value is -0.0800. The van der Waals surface area contributed by atoms with Gasteiger partial charge in [0.05, 0.1) is 0 Å². The first kappa shape index (κ1) is 15.9. The first-order valence-corrected chi connectivity index (χ1v) is 6.71. The van der Waals surface area contributed by atoms with Crippen molar-refractivity contribution in [2.24, 2.45) is 11.8 Å². The van der Waals surface area contributed by atoms with Crippen LogP contribution in [0, 0.1) is 11.8 Å². The zero-order chi connectivity index (χ0) is 12.6. The number of ether oxygens (including phenoxy) is 1. The second kappa shape index (κ2) is 9.00. The van der Waals surface area contributed by atoms with Crippen molar-refractivity contribution in [1.29, 1.82) is 0 Å². The lowest BCUT2D eigenvalue weighted by Gasteiger charge is -2.26. The van der Waals surface area contributed by atoms with Crippen molar-refractivity contribution in [1.82, 2.24) is 4.90 Å². The molecule has 0 radical (unpaired) electrons. The number of rotatable bonds is 9. The van der Waals surface area contributed by atoms with Gasteiger partial charge in [0.25, 0.3) is 0 Å². The molecule has 0 aliphatic rings. The molecule has 0 bridgehead atoms. The van der Waals surface area contributed by atoms with Crippen LogP contribution in [-0.4, -0.2) is 37.7 Å². The molecule has 1 atom stereocenters. The summed E-state index contributed by atoms with van der Waals surface area (Å²) in [5.74, 6) is 1.44. The van der Waals surface area contributed by atoms with Crippen LogP contribution in [0.4, 0.5) is 0 Å².